The van der Waals surface area contributed by atoms with E-state index in [1.807, 2.05) is 30.3 Å². The molecule has 1 aliphatic rings. The summed E-state index contributed by atoms with van der Waals surface area (Å²) in [6.45, 7) is 11.7. The van der Waals surface area contributed by atoms with Crippen molar-refractivity contribution in [2.75, 3.05) is 4.90 Å². The van der Waals surface area contributed by atoms with Gasteiger partial charge in [-0.05, 0) is 102 Å². The van der Waals surface area contributed by atoms with Gasteiger partial charge in [-0.3, -0.25) is 4.79 Å². The second-order valence-corrected chi connectivity index (χ2v) is 13.3. The predicted octanol–water partition coefficient (Wildman–Crippen LogP) is 6.33. The van der Waals surface area contributed by atoms with Gasteiger partial charge in [-0.1, -0.05) is 30.3 Å². The minimum Gasteiger partial charge on any atom is -0.478 e. The molecule has 2 N–H and O–H groups in total. The fraction of sp³-hybridized carbons (Fsp3) is 0.371. The Morgan fingerprint density at radius 1 is 0.917 bits per heavy atom. The average molecular weight is 661 g/mol. The number of carboxylic acids is 1. The van der Waals surface area contributed by atoms with Crippen LogP contribution in [0.3, 0.4) is 0 Å². The van der Waals surface area contributed by atoms with E-state index in [1.165, 1.54) is 36.5 Å². The van der Waals surface area contributed by atoms with Crippen LogP contribution in [0.15, 0.2) is 72.9 Å². The van der Waals surface area contributed by atoms with E-state index < -0.39 is 59.5 Å². The number of urea groups is 1. The maximum absolute atomic E-state index is 13.6. The Hall–Kier alpha value is -5.46. The van der Waals surface area contributed by atoms with Crippen molar-refractivity contribution in [3.63, 3.8) is 0 Å². The summed E-state index contributed by atoms with van der Waals surface area (Å²) in [6, 6.07) is 16.8. The van der Waals surface area contributed by atoms with Crippen molar-refractivity contribution in [1.29, 1.82) is 0 Å². The van der Waals surface area contributed by atoms with E-state index in [-0.39, 0.29) is 23.6 Å². The van der Waals surface area contributed by atoms with Crippen molar-refractivity contribution >= 4 is 35.9 Å². The smallest absolute Gasteiger partial charge is 0.425 e. The molecule has 1 fully saturated rings. The molecular weight excluding hydrogens is 620 g/mol. The van der Waals surface area contributed by atoms with Gasteiger partial charge in [0, 0.05) is 6.20 Å². The summed E-state index contributed by atoms with van der Waals surface area (Å²) >= 11 is 0. The van der Waals surface area contributed by atoms with Crippen LogP contribution in [-0.4, -0.2) is 62.5 Å². The number of imide groups is 2. The third-order valence-electron chi connectivity index (χ3n) is 7.02. The Labute approximate surface area is 278 Å². The molecule has 1 saturated heterocycles. The molecule has 5 amide bonds. The first-order valence-corrected chi connectivity index (χ1v) is 15.3. The van der Waals surface area contributed by atoms with E-state index in [1.54, 1.807) is 54.5 Å². The van der Waals surface area contributed by atoms with Gasteiger partial charge in [0.15, 0.2) is 6.23 Å². The number of carbonyl (C=O) groups is 5. The third-order valence-corrected chi connectivity index (χ3v) is 7.02. The summed E-state index contributed by atoms with van der Waals surface area (Å²) in [6.07, 6.45) is -1.64. The molecule has 0 spiro atoms. The number of likely N-dealkylation sites (tertiary alicyclic amines) is 1. The topological polar surface area (TPSA) is 165 Å². The molecule has 1 aliphatic heterocycles. The Bertz CT molecular complexity index is 1640. The molecular formula is C35H40N4O9. The van der Waals surface area contributed by atoms with Crippen molar-refractivity contribution in [1.82, 2.24) is 15.2 Å². The van der Waals surface area contributed by atoms with Gasteiger partial charge in [-0.2, -0.15) is 4.90 Å². The Morgan fingerprint density at radius 2 is 1.50 bits per heavy atom. The second-order valence-electron chi connectivity index (χ2n) is 13.3. The van der Waals surface area contributed by atoms with Gasteiger partial charge < -0.3 is 24.6 Å². The normalized spacial score (nSPS) is 16.6. The highest BCUT2D eigenvalue weighted by Gasteiger charge is 2.53. The molecule has 3 unspecified atom stereocenters. The lowest BCUT2D eigenvalue weighted by molar-refractivity contribution is -0.166. The van der Waals surface area contributed by atoms with Crippen LogP contribution in [-0.2, 0) is 20.7 Å². The zero-order valence-corrected chi connectivity index (χ0v) is 27.9. The predicted molar refractivity (Wildman–Crippen MR) is 174 cm³/mol. The SMILES string of the molecule is CC(NC(=O)N1C(=O)C(Cc2ccnc(N(C(=O)OC(C)(C)C)C(=O)OC(C)(C)C)c2)C1Oc1ccc(C(=O)O)cc1)c1ccccc1. The number of nitrogens with zero attached hydrogens (tertiary/aromatic N) is 3. The summed E-state index contributed by atoms with van der Waals surface area (Å²) in [7, 11) is 0. The molecule has 2 aromatic carbocycles. The summed E-state index contributed by atoms with van der Waals surface area (Å²) in [4.78, 5) is 70.5. The zero-order valence-electron chi connectivity index (χ0n) is 27.9. The number of β-lactam (4-membered cyclic amide) rings is 1. The van der Waals surface area contributed by atoms with Gasteiger partial charge >= 0.3 is 24.2 Å². The van der Waals surface area contributed by atoms with Crippen molar-refractivity contribution in [3.05, 3.63) is 89.6 Å². The number of carboxylic acid groups (broad SMARTS) is 1. The van der Waals surface area contributed by atoms with Crippen LogP contribution in [0.5, 0.6) is 5.75 Å². The van der Waals surface area contributed by atoms with Gasteiger partial charge in [-0.25, -0.2) is 29.1 Å². The van der Waals surface area contributed by atoms with Crippen LogP contribution in [0.2, 0.25) is 0 Å². The fourth-order valence-corrected chi connectivity index (χ4v) is 4.80. The minimum atomic E-state index is -1.12. The number of hydrogen-bond donors (Lipinski definition) is 2. The van der Waals surface area contributed by atoms with Crippen LogP contribution >= 0.6 is 0 Å². The molecule has 3 atom stereocenters. The molecule has 48 heavy (non-hydrogen) atoms. The third kappa shape index (κ3) is 8.87. The number of hydrogen-bond acceptors (Lipinski definition) is 9. The lowest BCUT2D eigenvalue weighted by Gasteiger charge is -2.45. The highest BCUT2D eigenvalue weighted by molar-refractivity contribution is 6.08. The first kappa shape index (κ1) is 35.4. The van der Waals surface area contributed by atoms with Crippen molar-refractivity contribution in [3.8, 4) is 5.75 Å². The number of aromatic carboxylic acids is 1. The maximum Gasteiger partial charge on any atom is 0.425 e. The van der Waals surface area contributed by atoms with Crippen molar-refractivity contribution in [2.24, 2.45) is 5.92 Å². The number of rotatable bonds is 8. The van der Waals surface area contributed by atoms with E-state index in [4.69, 9.17) is 14.2 Å². The summed E-state index contributed by atoms with van der Waals surface area (Å²) in [5.41, 5.74) is -0.479. The summed E-state index contributed by atoms with van der Waals surface area (Å²) in [5.74, 6) is -2.35. The van der Waals surface area contributed by atoms with Gasteiger partial charge in [-0.15, -0.1) is 0 Å². The number of ether oxygens (including phenoxy) is 3. The van der Waals surface area contributed by atoms with E-state index in [9.17, 15) is 29.1 Å². The number of aromatic nitrogens is 1. The Morgan fingerprint density at radius 3 is 2.04 bits per heavy atom. The van der Waals surface area contributed by atoms with E-state index in [2.05, 4.69) is 10.3 Å². The molecule has 13 heteroatoms. The average Bonchev–Trinajstić information content (AvgIpc) is 2.99. The molecule has 0 aliphatic carbocycles. The molecule has 2 heterocycles. The largest absolute Gasteiger partial charge is 0.478 e. The van der Waals surface area contributed by atoms with E-state index in [0.29, 0.717) is 10.5 Å². The lowest BCUT2D eigenvalue weighted by Crippen LogP contribution is -2.68. The number of amides is 5. The number of nitrogens with one attached hydrogen (secondary N) is 1. The van der Waals surface area contributed by atoms with E-state index in [0.717, 1.165) is 10.5 Å². The number of pyridine rings is 1. The first-order valence-electron chi connectivity index (χ1n) is 15.3. The quantitative estimate of drug-likeness (QED) is 0.261. The monoisotopic (exact) mass is 660 g/mol. The van der Waals surface area contributed by atoms with Crippen LogP contribution in [0, 0.1) is 5.92 Å². The van der Waals surface area contributed by atoms with Gasteiger partial charge in [0.05, 0.1) is 17.5 Å². The molecule has 254 valence electrons. The van der Waals surface area contributed by atoms with Crippen LogP contribution < -0.4 is 15.0 Å². The van der Waals surface area contributed by atoms with Gasteiger partial charge in [0.1, 0.15) is 22.8 Å². The van der Waals surface area contributed by atoms with Crippen molar-refractivity contribution in [2.45, 2.75) is 78.4 Å². The van der Waals surface area contributed by atoms with Crippen LogP contribution in [0.1, 0.15) is 76.0 Å². The highest BCUT2D eigenvalue weighted by atomic mass is 16.6. The molecule has 0 saturated carbocycles. The lowest BCUT2D eigenvalue weighted by atomic mass is 9.89. The minimum absolute atomic E-state index is 0.0405. The summed E-state index contributed by atoms with van der Waals surface area (Å²) in [5, 5.41) is 12.1. The van der Waals surface area contributed by atoms with Gasteiger partial charge in [0.25, 0.3) is 0 Å². The maximum atomic E-state index is 13.6. The second kappa shape index (κ2) is 14.1. The van der Waals surface area contributed by atoms with Crippen LogP contribution in [0.25, 0.3) is 0 Å². The standard InChI is InChI=1S/C35H40N4O9/c1-21(23-11-9-8-10-12-23)37-31(43)39-28(40)26(29(39)46-25-15-13-24(14-16-25)30(41)42)19-22-17-18-36-27(20-22)38(32(44)47-34(2,3)4)33(45)48-35(5,6)7/h8-18,20-21,26,29H,19H2,1-7H3,(H,37,43)(H,41,42). The molecule has 4 rings (SSSR count). The Kier molecular flexibility index (Phi) is 10.4. The fourth-order valence-electron chi connectivity index (χ4n) is 4.80. The molecule has 0 bridgehead atoms. The Balaban J connectivity index is 1.62. The number of anilines is 1. The highest BCUT2D eigenvalue weighted by Crippen LogP contribution is 2.34. The number of benzene rings is 2. The van der Waals surface area contributed by atoms with Gasteiger partial charge in [0.2, 0.25) is 5.91 Å². The molecule has 3 aromatic rings. The molecule has 13 nitrogen and oxygen atoms in total. The molecule has 1 aromatic heterocycles. The first-order chi connectivity index (χ1) is 22.4. The van der Waals surface area contributed by atoms with Crippen LogP contribution in [0.4, 0.5) is 20.2 Å². The van der Waals surface area contributed by atoms with Crippen molar-refractivity contribution < 1.29 is 43.3 Å². The zero-order chi connectivity index (χ0) is 35.4. The van der Waals surface area contributed by atoms with E-state index >= 15 is 0 Å². The number of carbonyl (C=O) groups excluding carboxylic acids is 4. The molecule has 0 radical (unpaired) electrons. The summed E-state index contributed by atoms with van der Waals surface area (Å²) < 4.78 is 17.0.